The molecule has 1 fully saturated rings. The summed E-state index contributed by atoms with van der Waals surface area (Å²) in [5, 5.41) is 3.03. The molecule has 1 amide bonds. The van der Waals surface area contributed by atoms with Crippen LogP contribution in [0.5, 0.6) is 5.75 Å². The van der Waals surface area contributed by atoms with Crippen molar-refractivity contribution in [3.05, 3.63) is 54.1 Å². The van der Waals surface area contributed by atoms with Crippen molar-refractivity contribution in [2.75, 3.05) is 25.2 Å². The number of hydrogen-bond acceptors (Lipinski definition) is 4. The van der Waals surface area contributed by atoms with Crippen LogP contribution in [0.3, 0.4) is 0 Å². The number of methoxy groups -OCH3 is 1. The first-order valence-corrected chi connectivity index (χ1v) is 9.61. The minimum absolute atomic E-state index is 0.0349. The van der Waals surface area contributed by atoms with E-state index in [1.54, 1.807) is 18.9 Å². The topological polar surface area (TPSA) is 41.6 Å². The molecule has 3 rings (SSSR count). The maximum atomic E-state index is 12.8. The van der Waals surface area contributed by atoms with Crippen molar-refractivity contribution >= 4 is 23.4 Å². The molecule has 1 aliphatic rings. The molecule has 2 aromatic carbocycles. The van der Waals surface area contributed by atoms with Crippen LogP contribution in [0.2, 0.25) is 0 Å². The van der Waals surface area contributed by atoms with Crippen LogP contribution in [-0.2, 0) is 11.3 Å². The zero-order chi connectivity index (χ0) is 17.9. The number of amides is 1. The lowest BCUT2D eigenvalue weighted by atomic mass is 9.85. The van der Waals surface area contributed by atoms with Gasteiger partial charge in [0.2, 0.25) is 5.91 Å². The molecule has 0 spiro atoms. The third kappa shape index (κ3) is 3.83. The smallest absolute Gasteiger partial charge is 0.244 e. The highest BCUT2D eigenvalue weighted by molar-refractivity contribution is 7.98. The van der Waals surface area contributed by atoms with Crippen molar-refractivity contribution in [1.82, 2.24) is 4.90 Å². The summed E-state index contributed by atoms with van der Waals surface area (Å²) in [5.41, 5.74) is 1.53. The Morgan fingerprint density at radius 2 is 2.04 bits per heavy atom. The standard InChI is InChI=1S/C20H24N2O2S/c1-20(19(23)21-16-5-4-6-17(13-16)24-2)11-12-22(20)14-15-7-9-18(25-3)10-8-15/h4-10,13H,11-12,14H2,1-3H3,(H,21,23). The lowest BCUT2D eigenvalue weighted by molar-refractivity contribution is -0.136. The Bertz CT molecular complexity index is 748. The quantitative estimate of drug-likeness (QED) is 0.794. The molecule has 25 heavy (non-hydrogen) atoms. The number of likely N-dealkylation sites (tertiary alicyclic amines) is 1. The van der Waals surface area contributed by atoms with Crippen molar-refractivity contribution in [2.24, 2.45) is 0 Å². The third-order valence-electron chi connectivity index (χ3n) is 4.92. The number of rotatable bonds is 6. The Labute approximate surface area is 153 Å². The minimum atomic E-state index is -0.471. The van der Waals surface area contributed by atoms with Crippen LogP contribution < -0.4 is 10.1 Å². The van der Waals surface area contributed by atoms with Gasteiger partial charge in [-0.3, -0.25) is 9.69 Å². The average Bonchev–Trinajstić information content (AvgIpc) is 2.65. The van der Waals surface area contributed by atoms with Gasteiger partial charge in [0.15, 0.2) is 0 Å². The van der Waals surface area contributed by atoms with Crippen molar-refractivity contribution < 1.29 is 9.53 Å². The Balaban J connectivity index is 1.66. The number of nitrogens with one attached hydrogen (secondary N) is 1. The third-order valence-corrected chi connectivity index (χ3v) is 5.66. The monoisotopic (exact) mass is 356 g/mol. The van der Waals surface area contributed by atoms with E-state index in [4.69, 9.17) is 4.74 Å². The lowest BCUT2D eigenvalue weighted by Crippen LogP contribution is -2.63. The maximum absolute atomic E-state index is 12.8. The number of thioether (sulfide) groups is 1. The molecular weight excluding hydrogens is 332 g/mol. The predicted octanol–water partition coefficient (Wildman–Crippen LogP) is 4.02. The van der Waals surface area contributed by atoms with Crippen molar-refractivity contribution in [3.63, 3.8) is 0 Å². The number of hydrogen-bond donors (Lipinski definition) is 1. The molecule has 2 aromatic rings. The summed E-state index contributed by atoms with van der Waals surface area (Å²) < 4.78 is 5.22. The number of nitrogens with zero attached hydrogens (tertiary/aromatic N) is 1. The van der Waals surface area contributed by atoms with Gasteiger partial charge in [0.1, 0.15) is 5.75 Å². The van der Waals surface area contributed by atoms with Crippen LogP contribution in [-0.4, -0.2) is 36.3 Å². The first-order valence-electron chi connectivity index (χ1n) is 8.38. The van der Waals surface area contributed by atoms with Crippen LogP contribution in [0, 0.1) is 0 Å². The Morgan fingerprint density at radius 3 is 2.64 bits per heavy atom. The predicted molar refractivity (Wildman–Crippen MR) is 103 cm³/mol. The second kappa shape index (κ2) is 7.50. The molecule has 1 aliphatic heterocycles. The molecule has 4 nitrogen and oxygen atoms in total. The highest BCUT2D eigenvalue weighted by Gasteiger charge is 2.46. The van der Waals surface area contributed by atoms with E-state index < -0.39 is 5.54 Å². The van der Waals surface area contributed by atoms with Crippen molar-refractivity contribution in [2.45, 2.75) is 30.3 Å². The molecule has 1 N–H and O–H groups in total. The molecule has 0 bridgehead atoms. The fourth-order valence-corrected chi connectivity index (χ4v) is 3.44. The van der Waals surface area contributed by atoms with Crippen LogP contribution in [0.15, 0.2) is 53.4 Å². The van der Waals surface area contributed by atoms with Gasteiger partial charge in [-0.05, 0) is 49.4 Å². The first-order chi connectivity index (χ1) is 12.0. The van der Waals surface area contributed by atoms with E-state index in [-0.39, 0.29) is 5.91 Å². The maximum Gasteiger partial charge on any atom is 0.244 e. The summed E-state index contributed by atoms with van der Waals surface area (Å²) in [6.07, 6.45) is 2.94. The van der Waals surface area contributed by atoms with Gasteiger partial charge in [-0.1, -0.05) is 18.2 Å². The number of carbonyl (C=O) groups is 1. The summed E-state index contributed by atoms with van der Waals surface area (Å²) in [6, 6.07) is 16.0. The van der Waals surface area contributed by atoms with E-state index >= 15 is 0 Å². The van der Waals surface area contributed by atoms with E-state index in [1.165, 1.54) is 10.5 Å². The second-order valence-electron chi connectivity index (χ2n) is 6.48. The molecule has 0 aliphatic carbocycles. The Morgan fingerprint density at radius 1 is 1.28 bits per heavy atom. The minimum Gasteiger partial charge on any atom is -0.497 e. The number of anilines is 1. The van der Waals surface area contributed by atoms with Crippen molar-refractivity contribution in [3.8, 4) is 5.75 Å². The number of carbonyl (C=O) groups excluding carboxylic acids is 1. The zero-order valence-corrected chi connectivity index (χ0v) is 15.7. The SMILES string of the molecule is COc1cccc(NC(=O)C2(C)CCN2Cc2ccc(SC)cc2)c1. The fourth-order valence-electron chi connectivity index (χ4n) is 3.03. The van der Waals surface area contributed by atoms with E-state index in [0.717, 1.165) is 30.9 Å². The molecule has 1 saturated heterocycles. The van der Waals surface area contributed by atoms with Gasteiger partial charge >= 0.3 is 0 Å². The number of benzene rings is 2. The lowest BCUT2D eigenvalue weighted by Gasteiger charge is -2.49. The van der Waals surface area contributed by atoms with Crippen LogP contribution >= 0.6 is 11.8 Å². The molecule has 0 saturated carbocycles. The van der Waals surface area contributed by atoms with E-state index in [2.05, 4.69) is 40.7 Å². The summed E-state index contributed by atoms with van der Waals surface area (Å²) in [6.45, 7) is 3.74. The molecule has 1 unspecified atom stereocenters. The van der Waals surface area contributed by atoms with Gasteiger partial charge < -0.3 is 10.1 Å². The summed E-state index contributed by atoms with van der Waals surface area (Å²) in [5.74, 6) is 0.773. The summed E-state index contributed by atoms with van der Waals surface area (Å²) >= 11 is 1.74. The summed E-state index contributed by atoms with van der Waals surface area (Å²) in [7, 11) is 1.62. The highest BCUT2D eigenvalue weighted by atomic mass is 32.2. The van der Waals surface area contributed by atoms with Crippen LogP contribution in [0.1, 0.15) is 18.9 Å². The zero-order valence-electron chi connectivity index (χ0n) is 14.9. The molecule has 5 heteroatoms. The molecule has 132 valence electrons. The van der Waals surface area contributed by atoms with E-state index in [9.17, 15) is 4.79 Å². The van der Waals surface area contributed by atoms with Gasteiger partial charge in [0, 0.05) is 29.7 Å². The van der Waals surface area contributed by atoms with E-state index in [1.807, 2.05) is 31.2 Å². The molecule has 0 aromatic heterocycles. The molecule has 1 atom stereocenters. The molecular formula is C20H24N2O2S. The Hall–Kier alpha value is -1.98. The summed E-state index contributed by atoms with van der Waals surface area (Å²) in [4.78, 5) is 16.3. The average molecular weight is 356 g/mol. The second-order valence-corrected chi connectivity index (χ2v) is 7.36. The van der Waals surface area contributed by atoms with E-state index in [0.29, 0.717) is 0 Å². The Kier molecular flexibility index (Phi) is 5.35. The number of ether oxygens (including phenoxy) is 1. The van der Waals surface area contributed by atoms with Gasteiger partial charge in [-0.2, -0.15) is 0 Å². The largest absolute Gasteiger partial charge is 0.497 e. The highest BCUT2D eigenvalue weighted by Crippen LogP contribution is 2.33. The molecule has 0 radical (unpaired) electrons. The van der Waals surface area contributed by atoms with Gasteiger partial charge in [-0.15, -0.1) is 11.8 Å². The van der Waals surface area contributed by atoms with Crippen LogP contribution in [0.25, 0.3) is 0 Å². The molecule has 1 heterocycles. The first kappa shape index (κ1) is 17.8. The normalized spacial score (nSPS) is 20.0. The fraction of sp³-hybridized carbons (Fsp3) is 0.350. The van der Waals surface area contributed by atoms with Gasteiger partial charge in [0.05, 0.1) is 12.6 Å². The van der Waals surface area contributed by atoms with Gasteiger partial charge in [-0.25, -0.2) is 0 Å². The van der Waals surface area contributed by atoms with Gasteiger partial charge in [0.25, 0.3) is 0 Å². The van der Waals surface area contributed by atoms with Crippen molar-refractivity contribution in [1.29, 1.82) is 0 Å². The van der Waals surface area contributed by atoms with Crippen LogP contribution in [0.4, 0.5) is 5.69 Å².